The van der Waals surface area contributed by atoms with Crippen molar-refractivity contribution in [2.45, 2.75) is 58.5 Å². The van der Waals surface area contributed by atoms with Crippen LogP contribution in [-0.4, -0.2) is 29.5 Å². The van der Waals surface area contributed by atoms with Crippen LogP contribution in [0.1, 0.15) is 50.8 Å². The second kappa shape index (κ2) is 7.25. The molecule has 1 heterocycles. The highest BCUT2D eigenvalue weighted by molar-refractivity contribution is 7.15. The molecule has 0 aromatic carbocycles. The minimum absolute atomic E-state index is 0.771. The van der Waals surface area contributed by atoms with Crippen molar-refractivity contribution in [3.05, 3.63) is 11.1 Å². The SMILES string of the molecule is CCNc1ncc(CN(C)C2CCC(CC)CC2)s1. The van der Waals surface area contributed by atoms with Crippen molar-refractivity contribution in [2.24, 2.45) is 5.92 Å². The van der Waals surface area contributed by atoms with Gasteiger partial charge in [-0.1, -0.05) is 13.3 Å². The van der Waals surface area contributed by atoms with Gasteiger partial charge in [0.1, 0.15) is 0 Å². The Bertz CT molecular complexity index is 369. The van der Waals surface area contributed by atoms with Crippen molar-refractivity contribution in [2.75, 3.05) is 18.9 Å². The molecule has 0 amide bonds. The molecule has 0 radical (unpaired) electrons. The first kappa shape index (κ1) is 14.8. The lowest BCUT2D eigenvalue weighted by molar-refractivity contribution is 0.158. The van der Waals surface area contributed by atoms with Crippen molar-refractivity contribution in [3.63, 3.8) is 0 Å². The summed E-state index contributed by atoms with van der Waals surface area (Å²) < 4.78 is 0. The Morgan fingerprint density at radius 3 is 2.68 bits per heavy atom. The summed E-state index contributed by atoms with van der Waals surface area (Å²) >= 11 is 1.79. The van der Waals surface area contributed by atoms with Crippen molar-refractivity contribution < 1.29 is 0 Å². The predicted octanol–water partition coefficient (Wildman–Crippen LogP) is 3.98. The van der Waals surface area contributed by atoms with Gasteiger partial charge >= 0.3 is 0 Å². The van der Waals surface area contributed by atoms with Gasteiger partial charge in [0.15, 0.2) is 5.13 Å². The molecule has 1 fully saturated rings. The lowest BCUT2D eigenvalue weighted by atomic mass is 9.84. The number of hydrogen-bond donors (Lipinski definition) is 1. The van der Waals surface area contributed by atoms with Crippen LogP contribution < -0.4 is 5.32 Å². The molecule has 1 aliphatic carbocycles. The van der Waals surface area contributed by atoms with Gasteiger partial charge in [0.05, 0.1) is 0 Å². The van der Waals surface area contributed by atoms with Crippen LogP contribution in [-0.2, 0) is 6.54 Å². The molecule has 108 valence electrons. The molecule has 2 rings (SSSR count). The molecule has 0 unspecified atom stereocenters. The van der Waals surface area contributed by atoms with Crippen LogP contribution in [0, 0.1) is 5.92 Å². The van der Waals surface area contributed by atoms with Gasteiger partial charge in [-0.3, -0.25) is 4.90 Å². The first-order valence-corrected chi connectivity index (χ1v) is 8.43. The zero-order valence-corrected chi connectivity index (χ0v) is 13.3. The van der Waals surface area contributed by atoms with Crippen molar-refractivity contribution in [1.29, 1.82) is 0 Å². The van der Waals surface area contributed by atoms with Crippen LogP contribution >= 0.6 is 11.3 Å². The number of nitrogens with one attached hydrogen (secondary N) is 1. The maximum atomic E-state index is 4.41. The average molecular weight is 281 g/mol. The number of hydrogen-bond acceptors (Lipinski definition) is 4. The van der Waals surface area contributed by atoms with Gasteiger partial charge in [0.2, 0.25) is 0 Å². The van der Waals surface area contributed by atoms with Crippen molar-refractivity contribution >= 4 is 16.5 Å². The second-order valence-electron chi connectivity index (χ2n) is 5.66. The second-order valence-corrected chi connectivity index (χ2v) is 6.78. The summed E-state index contributed by atoms with van der Waals surface area (Å²) in [5, 5.41) is 4.34. The maximum absolute atomic E-state index is 4.41. The van der Waals surface area contributed by atoms with Gasteiger partial charge in [-0.05, 0) is 45.6 Å². The van der Waals surface area contributed by atoms with Crippen LogP contribution in [0.25, 0.3) is 0 Å². The summed E-state index contributed by atoms with van der Waals surface area (Å²) in [6, 6.07) is 0.771. The molecule has 3 nitrogen and oxygen atoms in total. The van der Waals surface area contributed by atoms with Crippen LogP contribution in [0.2, 0.25) is 0 Å². The van der Waals surface area contributed by atoms with E-state index < -0.39 is 0 Å². The largest absolute Gasteiger partial charge is 0.362 e. The minimum Gasteiger partial charge on any atom is -0.362 e. The third-order valence-corrected chi connectivity index (χ3v) is 5.24. The summed E-state index contributed by atoms with van der Waals surface area (Å²) in [6.07, 6.45) is 8.95. The zero-order chi connectivity index (χ0) is 13.7. The number of thiazole rings is 1. The first-order valence-electron chi connectivity index (χ1n) is 7.61. The van der Waals surface area contributed by atoms with E-state index in [-0.39, 0.29) is 0 Å². The smallest absolute Gasteiger partial charge is 0.182 e. The molecular weight excluding hydrogens is 254 g/mol. The van der Waals surface area contributed by atoms with E-state index in [2.05, 4.69) is 36.1 Å². The molecule has 4 heteroatoms. The van der Waals surface area contributed by atoms with E-state index in [0.717, 1.165) is 30.2 Å². The van der Waals surface area contributed by atoms with Crippen molar-refractivity contribution in [3.8, 4) is 0 Å². The van der Waals surface area contributed by atoms with Gasteiger partial charge < -0.3 is 5.32 Å². The maximum Gasteiger partial charge on any atom is 0.182 e. The van der Waals surface area contributed by atoms with Crippen LogP contribution in [0.4, 0.5) is 5.13 Å². The molecule has 1 aliphatic rings. The Morgan fingerprint density at radius 1 is 1.32 bits per heavy atom. The van der Waals surface area contributed by atoms with Crippen LogP contribution in [0.15, 0.2) is 6.20 Å². The van der Waals surface area contributed by atoms with E-state index in [1.165, 1.54) is 37.0 Å². The molecule has 0 spiro atoms. The normalized spacial score (nSPS) is 23.8. The van der Waals surface area contributed by atoms with Crippen LogP contribution in [0.3, 0.4) is 0 Å². The standard InChI is InChI=1S/C15H27N3S/c1-4-12-6-8-13(9-7-12)18(3)11-14-10-17-15(19-14)16-5-2/h10,12-13H,4-9,11H2,1-3H3,(H,16,17). The van der Waals surface area contributed by atoms with Crippen molar-refractivity contribution in [1.82, 2.24) is 9.88 Å². The number of anilines is 1. The molecule has 1 saturated carbocycles. The van der Waals surface area contributed by atoms with E-state index >= 15 is 0 Å². The zero-order valence-electron chi connectivity index (χ0n) is 12.5. The molecule has 0 aliphatic heterocycles. The van der Waals surface area contributed by atoms with E-state index in [4.69, 9.17) is 0 Å². The minimum atomic E-state index is 0.771. The third-order valence-electron chi connectivity index (χ3n) is 4.30. The van der Waals surface area contributed by atoms with Gasteiger partial charge in [0, 0.05) is 30.2 Å². The average Bonchev–Trinajstić information content (AvgIpc) is 2.86. The lowest BCUT2D eigenvalue weighted by Crippen LogP contribution is -2.34. The summed E-state index contributed by atoms with van der Waals surface area (Å²) in [5.74, 6) is 0.980. The highest BCUT2D eigenvalue weighted by atomic mass is 32.1. The molecular formula is C15H27N3S. The molecule has 0 atom stereocenters. The fraction of sp³-hybridized carbons (Fsp3) is 0.800. The van der Waals surface area contributed by atoms with E-state index in [9.17, 15) is 0 Å². The molecule has 0 bridgehead atoms. The number of rotatable bonds is 6. The Kier molecular flexibility index (Phi) is 5.64. The number of nitrogens with zero attached hydrogens (tertiary/aromatic N) is 2. The van der Waals surface area contributed by atoms with Gasteiger partial charge in [0.25, 0.3) is 0 Å². The monoisotopic (exact) mass is 281 g/mol. The molecule has 1 N–H and O–H groups in total. The van der Waals surface area contributed by atoms with Gasteiger partial charge in [-0.2, -0.15) is 0 Å². The molecule has 1 aromatic rings. The fourth-order valence-corrected chi connectivity index (χ4v) is 3.93. The van der Waals surface area contributed by atoms with E-state index in [1.54, 1.807) is 11.3 Å². The summed E-state index contributed by atoms with van der Waals surface area (Å²) in [4.78, 5) is 8.30. The summed E-state index contributed by atoms with van der Waals surface area (Å²) in [5.41, 5.74) is 0. The Labute approximate surface area is 121 Å². The quantitative estimate of drug-likeness (QED) is 0.855. The third kappa shape index (κ3) is 4.18. The number of aromatic nitrogens is 1. The lowest BCUT2D eigenvalue weighted by Gasteiger charge is -2.34. The predicted molar refractivity (Wildman–Crippen MR) is 83.8 cm³/mol. The first-order chi connectivity index (χ1) is 9.22. The molecule has 0 saturated heterocycles. The Hall–Kier alpha value is -0.610. The highest BCUT2D eigenvalue weighted by Crippen LogP contribution is 2.30. The summed E-state index contributed by atoms with van der Waals surface area (Å²) in [6.45, 7) is 6.43. The molecule has 1 aromatic heterocycles. The van der Waals surface area contributed by atoms with Gasteiger partial charge in [-0.25, -0.2) is 4.98 Å². The Morgan fingerprint density at radius 2 is 2.05 bits per heavy atom. The van der Waals surface area contributed by atoms with E-state index in [1.807, 2.05) is 6.20 Å². The molecule has 19 heavy (non-hydrogen) atoms. The fourth-order valence-electron chi connectivity index (χ4n) is 2.98. The topological polar surface area (TPSA) is 28.2 Å². The highest BCUT2D eigenvalue weighted by Gasteiger charge is 2.23. The Balaban J connectivity index is 1.81. The van der Waals surface area contributed by atoms with Crippen LogP contribution in [0.5, 0.6) is 0 Å². The summed E-state index contributed by atoms with van der Waals surface area (Å²) in [7, 11) is 2.27. The van der Waals surface area contributed by atoms with E-state index in [0.29, 0.717) is 0 Å². The van der Waals surface area contributed by atoms with Gasteiger partial charge in [-0.15, -0.1) is 11.3 Å².